The fourth-order valence-corrected chi connectivity index (χ4v) is 2.11. The number of likely N-dealkylation sites (N-methyl/N-ethyl adjacent to an activating group) is 1. The van der Waals surface area contributed by atoms with Crippen LogP contribution in [0.5, 0.6) is 0 Å². The van der Waals surface area contributed by atoms with Crippen LogP contribution in [0.2, 0.25) is 0 Å². The van der Waals surface area contributed by atoms with Crippen molar-refractivity contribution in [1.82, 2.24) is 15.1 Å². The van der Waals surface area contributed by atoms with E-state index in [1.807, 2.05) is 7.05 Å². The number of carbonyl (C=O) groups excluding carboxylic acids is 1. The van der Waals surface area contributed by atoms with E-state index in [9.17, 15) is 4.79 Å². The molecule has 0 bridgehead atoms. The molecule has 1 fully saturated rings. The van der Waals surface area contributed by atoms with E-state index in [0.29, 0.717) is 19.5 Å². The maximum atomic E-state index is 11.9. The summed E-state index contributed by atoms with van der Waals surface area (Å²) in [5.41, 5.74) is 0.215. The lowest BCUT2D eigenvalue weighted by Gasteiger charge is -2.39. The highest BCUT2D eigenvalue weighted by Gasteiger charge is 2.29. The van der Waals surface area contributed by atoms with E-state index in [1.54, 1.807) is 11.9 Å². The van der Waals surface area contributed by atoms with Gasteiger partial charge in [0.05, 0.1) is 19.0 Å². The molecular weight excluding hydrogens is 228 g/mol. The summed E-state index contributed by atoms with van der Waals surface area (Å²) in [5.74, 6) is 0.110. The van der Waals surface area contributed by atoms with Crippen LogP contribution in [0.3, 0.4) is 0 Å². The van der Waals surface area contributed by atoms with Crippen molar-refractivity contribution in [1.29, 1.82) is 5.26 Å². The van der Waals surface area contributed by atoms with Crippen molar-refractivity contribution in [2.75, 3.05) is 40.3 Å². The minimum absolute atomic E-state index is 0.110. The SMILES string of the molecule is CNC1(C)CCN(CC(=O)N(C)CCC#N)CC1. The van der Waals surface area contributed by atoms with Gasteiger partial charge in [0.1, 0.15) is 0 Å². The van der Waals surface area contributed by atoms with Crippen LogP contribution in [0.1, 0.15) is 26.2 Å². The second kappa shape index (κ2) is 6.72. The van der Waals surface area contributed by atoms with Gasteiger partial charge in [-0.15, -0.1) is 0 Å². The van der Waals surface area contributed by atoms with E-state index < -0.39 is 0 Å². The Kier molecular flexibility index (Phi) is 5.57. The molecule has 0 saturated carbocycles. The Morgan fingerprint density at radius 2 is 2.11 bits per heavy atom. The van der Waals surface area contributed by atoms with Crippen LogP contribution in [0, 0.1) is 11.3 Å². The van der Waals surface area contributed by atoms with Crippen molar-refractivity contribution in [3.8, 4) is 6.07 Å². The third-order valence-corrected chi connectivity index (χ3v) is 3.91. The maximum Gasteiger partial charge on any atom is 0.236 e. The lowest BCUT2D eigenvalue weighted by Crippen LogP contribution is -2.51. The Balaban J connectivity index is 2.32. The monoisotopic (exact) mass is 252 g/mol. The molecular formula is C13H24N4O. The standard InChI is InChI=1S/C13H24N4O/c1-13(15-2)5-9-17(10-6-13)11-12(18)16(3)8-4-7-14/h15H,4-6,8-11H2,1-3H3. The Labute approximate surface area is 110 Å². The molecule has 0 atom stereocenters. The van der Waals surface area contributed by atoms with E-state index in [4.69, 9.17) is 5.26 Å². The highest BCUT2D eigenvalue weighted by Crippen LogP contribution is 2.20. The first-order chi connectivity index (χ1) is 8.50. The Bertz CT molecular complexity index is 315. The average molecular weight is 252 g/mol. The molecule has 0 spiro atoms. The average Bonchev–Trinajstić information content (AvgIpc) is 2.38. The molecule has 0 unspecified atom stereocenters. The molecule has 1 saturated heterocycles. The number of likely N-dealkylation sites (tertiary alicyclic amines) is 1. The summed E-state index contributed by atoms with van der Waals surface area (Å²) in [4.78, 5) is 15.8. The predicted molar refractivity (Wildman–Crippen MR) is 71.0 cm³/mol. The van der Waals surface area contributed by atoms with Crippen LogP contribution < -0.4 is 5.32 Å². The third-order valence-electron chi connectivity index (χ3n) is 3.91. The largest absolute Gasteiger partial charge is 0.344 e. The highest BCUT2D eigenvalue weighted by atomic mass is 16.2. The molecule has 5 heteroatoms. The first-order valence-electron chi connectivity index (χ1n) is 6.53. The molecule has 102 valence electrons. The van der Waals surface area contributed by atoms with Crippen LogP contribution in [0.25, 0.3) is 0 Å². The molecule has 1 aliphatic heterocycles. The van der Waals surface area contributed by atoms with Crippen LogP contribution in [0.15, 0.2) is 0 Å². The molecule has 1 heterocycles. The minimum Gasteiger partial charge on any atom is -0.344 e. The number of amides is 1. The molecule has 1 aliphatic rings. The van der Waals surface area contributed by atoms with Crippen LogP contribution in [0.4, 0.5) is 0 Å². The van der Waals surface area contributed by atoms with Gasteiger partial charge in [0.15, 0.2) is 0 Å². The van der Waals surface area contributed by atoms with Gasteiger partial charge in [-0.05, 0) is 26.8 Å². The third kappa shape index (κ3) is 4.28. The van der Waals surface area contributed by atoms with Crippen LogP contribution >= 0.6 is 0 Å². The molecule has 0 radical (unpaired) electrons. The lowest BCUT2D eigenvalue weighted by atomic mass is 9.90. The van der Waals surface area contributed by atoms with E-state index in [-0.39, 0.29) is 11.4 Å². The molecule has 1 rings (SSSR count). The quantitative estimate of drug-likeness (QED) is 0.771. The van der Waals surface area contributed by atoms with Gasteiger partial charge in [0.25, 0.3) is 0 Å². The summed E-state index contributed by atoms with van der Waals surface area (Å²) in [5, 5.41) is 11.8. The summed E-state index contributed by atoms with van der Waals surface area (Å²) in [6, 6.07) is 2.06. The molecule has 18 heavy (non-hydrogen) atoms. The Morgan fingerprint density at radius 3 is 2.61 bits per heavy atom. The first kappa shape index (κ1) is 14.9. The van der Waals surface area contributed by atoms with Crippen molar-refractivity contribution >= 4 is 5.91 Å². The van der Waals surface area contributed by atoms with Gasteiger partial charge in [0, 0.05) is 32.2 Å². The number of hydrogen-bond donors (Lipinski definition) is 1. The van der Waals surface area contributed by atoms with E-state index >= 15 is 0 Å². The summed E-state index contributed by atoms with van der Waals surface area (Å²) < 4.78 is 0. The zero-order valence-electron chi connectivity index (χ0n) is 11.7. The van der Waals surface area contributed by atoms with Crippen molar-refractivity contribution < 1.29 is 4.79 Å². The lowest BCUT2D eigenvalue weighted by molar-refractivity contribution is -0.131. The van der Waals surface area contributed by atoms with E-state index in [0.717, 1.165) is 25.9 Å². The Hall–Kier alpha value is -1.12. The first-order valence-corrected chi connectivity index (χ1v) is 6.53. The van der Waals surface area contributed by atoms with E-state index in [1.165, 1.54) is 0 Å². The molecule has 5 nitrogen and oxygen atoms in total. The smallest absolute Gasteiger partial charge is 0.236 e. The van der Waals surface area contributed by atoms with Crippen LogP contribution in [-0.2, 0) is 4.79 Å². The summed E-state index contributed by atoms with van der Waals surface area (Å²) in [6.45, 7) is 5.13. The number of carbonyl (C=O) groups is 1. The van der Waals surface area contributed by atoms with Crippen molar-refractivity contribution in [3.63, 3.8) is 0 Å². The number of rotatable bonds is 5. The summed E-state index contributed by atoms with van der Waals surface area (Å²) in [7, 11) is 3.76. The van der Waals surface area contributed by atoms with Gasteiger partial charge in [-0.25, -0.2) is 0 Å². The van der Waals surface area contributed by atoms with Crippen molar-refractivity contribution in [2.24, 2.45) is 0 Å². The number of nitrogens with zero attached hydrogens (tertiary/aromatic N) is 3. The molecule has 0 aromatic rings. The van der Waals surface area contributed by atoms with Gasteiger partial charge in [0.2, 0.25) is 5.91 Å². The molecule has 0 aromatic carbocycles. The van der Waals surface area contributed by atoms with Gasteiger partial charge in [-0.3, -0.25) is 9.69 Å². The normalized spacial score (nSPS) is 19.2. The summed E-state index contributed by atoms with van der Waals surface area (Å²) in [6.07, 6.45) is 2.54. The zero-order chi connectivity index (χ0) is 13.6. The predicted octanol–water partition coefficient (Wildman–Crippen LogP) is 0.432. The van der Waals surface area contributed by atoms with Gasteiger partial charge in [-0.2, -0.15) is 5.26 Å². The number of hydrogen-bond acceptors (Lipinski definition) is 4. The second-order valence-corrected chi connectivity index (χ2v) is 5.31. The fourth-order valence-electron chi connectivity index (χ4n) is 2.11. The maximum absolute atomic E-state index is 11.9. The van der Waals surface area contributed by atoms with Crippen LogP contribution in [-0.4, -0.2) is 61.5 Å². The fraction of sp³-hybridized carbons (Fsp3) is 0.846. The van der Waals surface area contributed by atoms with Gasteiger partial charge in [-0.1, -0.05) is 0 Å². The number of nitrogens with one attached hydrogen (secondary N) is 1. The highest BCUT2D eigenvalue weighted by molar-refractivity contribution is 5.78. The Morgan fingerprint density at radius 1 is 1.50 bits per heavy atom. The second-order valence-electron chi connectivity index (χ2n) is 5.31. The minimum atomic E-state index is 0.110. The molecule has 1 N–H and O–H groups in total. The number of nitriles is 1. The molecule has 1 amide bonds. The number of piperidine rings is 1. The topological polar surface area (TPSA) is 59.4 Å². The summed E-state index contributed by atoms with van der Waals surface area (Å²) >= 11 is 0. The van der Waals surface area contributed by atoms with E-state index in [2.05, 4.69) is 23.2 Å². The van der Waals surface area contributed by atoms with Crippen molar-refractivity contribution in [2.45, 2.75) is 31.7 Å². The van der Waals surface area contributed by atoms with Crippen molar-refractivity contribution in [3.05, 3.63) is 0 Å². The van der Waals surface area contributed by atoms with Gasteiger partial charge < -0.3 is 10.2 Å². The zero-order valence-corrected chi connectivity index (χ0v) is 11.7. The van der Waals surface area contributed by atoms with Gasteiger partial charge >= 0.3 is 0 Å². The molecule has 0 aromatic heterocycles. The molecule has 0 aliphatic carbocycles.